The van der Waals surface area contributed by atoms with E-state index >= 15 is 0 Å². The van der Waals surface area contributed by atoms with Gasteiger partial charge >= 0.3 is 0 Å². The molecule has 0 aliphatic carbocycles. The monoisotopic (exact) mass is 374 g/mol. The number of hydrogen-bond donors (Lipinski definition) is 3. The zero-order valence-electron chi connectivity index (χ0n) is 15.1. The summed E-state index contributed by atoms with van der Waals surface area (Å²) in [6, 6.07) is 8.35. The number of hydrogen-bond acceptors (Lipinski definition) is 7. The first kappa shape index (κ1) is 18.9. The van der Waals surface area contributed by atoms with Gasteiger partial charge in [0.1, 0.15) is 0 Å². The van der Waals surface area contributed by atoms with Gasteiger partial charge in [0, 0.05) is 5.56 Å². The fourth-order valence-electron chi connectivity index (χ4n) is 2.95. The zero-order chi connectivity index (χ0) is 19.4. The Morgan fingerprint density at radius 3 is 2.48 bits per heavy atom. The summed E-state index contributed by atoms with van der Waals surface area (Å²) in [7, 11) is 2.98. The molecule has 0 saturated heterocycles. The summed E-state index contributed by atoms with van der Waals surface area (Å²) in [5.41, 5.74) is 1.46. The molecule has 7 nitrogen and oxygen atoms in total. The minimum Gasteiger partial charge on any atom is -0.504 e. The normalized spacial score (nSPS) is 18.5. The lowest BCUT2D eigenvalue weighted by atomic mass is 10.0. The highest BCUT2D eigenvalue weighted by atomic mass is 16.6. The lowest BCUT2D eigenvalue weighted by Gasteiger charge is -2.34. The van der Waals surface area contributed by atoms with Gasteiger partial charge in [0.15, 0.2) is 35.2 Å². The zero-order valence-corrected chi connectivity index (χ0v) is 15.1. The number of aliphatic hydroxyl groups excluding tert-OH is 2. The number of aromatic hydroxyl groups is 1. The van der Waals surface area contributed by atoms with E-state index in [0.29, 0.717) is 28.6 Å². The van der Waals surface area contributed by atoms with Crippen LogP contribution in [0.4, 0.5) is 0 Å². The Morgan fingerprint density at radius 1 is 1.04 bits per heavy atom. The first-order chi connectivity index (χ1) is 13.1. The molecule has 0 amide bonds. The maximum atomic E-state index is 9.81. The lowest BCUT2D eigenvalue weighted by molar-refractivity contribution is -0.0141. The van der Waals surface area contributed by atoms with Crippen LogP contribution in [0.25, 0.3) is 6.08 Å². The van der Waals surface area contributed by atoms with Gasteiger partial charge < -0.3 is 34.3 Å². The van der Waals surface area contributed by atoms with Crippen LogP contribution in [0, 0.1) is 0 Å². The van der Waals surface area contributed by atoms with Crippen LogP contribution in [0.3, 0.4) is 0 Å². The van der Waals surface area contributed by atoms with E-state index in [1.54, 1.807) is 36.4 Å². The predicted molar refractivity (Wildman–Crippen MR) is 98.6 cm³/mol. The summed E-state index contributed by atoms with van der Waals surface area (Å²) in [5.74, 6) is 1.63. The van der Waals surface area contributed by atoms with Crippen molar-refractivity contribution in [2.24, 2.45) is 0 Å². The Bertz CT molecular complexity index is 831. The molecule has 0 fully saturated rings. The summed E-state index contributed by atoms with van der Waals surface area (Å²) < 4.78 is 22.6. The topological polar surface area (TPSA) is 97.6 Å². The number of aliphatic hydroxyl groups is 2. The van der Waals surface area contributed by atoms with Crippen LogP contribution in [0.1, 0.15) is 17.2 Å². The number of ether oxygens (including phenoxy) is 4. The van der Waals surface area contributed by atoms with Crippen molar-refractivity contribution >= 4 is 6.08 Å². The quantitative estimate of drug-likeness (QED) is 0.714. The van der Waals surface area contributed by atoms with Crippen LogP contribution < -0.4 is 18.9 Å². The molecule has 1 aliphatic rings. The van der Waals surface area contributed by atoms with Crippen molar-refractivity contribution in [1.29, 1.82) is 0 Å². The first-order valence-electron chi connectivity index (χ1n) is 8.41. The predicted octanol–water partition coefficient (Wildman–Crippen LogP) is 2.29. The number of benzene rings is 2. The molecule has 3 N–H and O–H groups in total. The van der Waals surface area contributed by atoms with Gasteiger partial charge in [0.25, 0.3) is 0 Å². The second-order valence-electron chi connectivity index (χ2n) is 5.94. The molecule has 0 unspecified atom stereocenters. The van der Waals surface area contributed by atoms with E-state index in [0.717, 1.165) is 5.56 Å². The highest BCUT2D eigenvalue weighted by Gasteiger charge is 2.35. The fraction of sp³-hybridized carbons (Fsp3) is 0.300. The summed E-state index contributed by atoms with van der Waals surface area (Å²) in [5, 5.41) is 28.6. The van der Waals surface area contributed by atoms with Crippen molar-refractivity contribution in [2.45, 2.75) is 12.2 Å². The molecule has 3 rings (SSSR count). The van der Waals surface area contributed by atoms with Gasteiger partial charge in [-0.1, -0.05) is 18.2 Å². The Labute approximate surface area is 157 Å². The molecule has 0 saturated carbocycles. The highest BCUT2D eigenvalue weighted by molar-refractivity contribution is 5.63. The molecule has 7 heteroatoms. The highest BCUT2D eigenvalue weighted by Crippen LogP contribution is 2.47. The van der Waals surface area contributed by atoms with Crippen molar-refractivity contribution in [1.82, 2.24) is 0 Å². The molecule has 0 bridgehead atoms. The van der Waals surface area contributed by atoms with Crippen LogP contribution in [-0.4, -0.2) is 48.9 Å². The maximum absolute atomic E-state index is 9.81. The van der Waals surface area contributed by atoms with Crippen LogP contribution in [0.15, 0.2) is 36.4 Å². The Morgan fingerprint density at radius 2 is 1.81 bits per heavy atom. The van der Waals surface area contributed by atoms with Gasteiger partial charge in [-0.25, -0.2) is 0 Å². The second kappa shape index (κ2) is 8.20. The van der Waals surface area contributed by atoms with Gasteiger partial charge in [-0.15, -0.1) is 0 Å². The van der Waals surface area contributed by atoms with E-state index in [4.69, 9.17) is 24.1 Å². The number of fused-ring (bicyclic) bond motifs is 1. The fourth-order valence-corrected chi connectivity index (χ4v) is 2.95. The summed E-state index contributed by atoms with van der Waals surface area (Å²) in [6.07, 6.45) is 2.06. The Balaban J connectivity index is 2.02. The van der Waals surface area contributed by atoms with Crippen molar-refractivity contribution in [3.63, 3.8) is 0 Å². The Kier molecular flexibility index (Phi) is 5.73. The Hall–Kier alpha value is -2.90. The van der Waals surface area contributed by atoms with E-state index in [1.165, 1.54) is 20.3 Å². The number of methoxy groups -OCH3 is 2. The number of rotatable bonds is 6. The van der Waals surface area contributed by atoms with Gasteiger partial charge in [0.05, 0.1) is 27.4 Å². The van der Waals surface area contributed by atoms with Crippen LogP contribution in [0.2, 0.25) is 0 Å². The van der Waals surface area contributed by atoms with Crippen molar-refractivity contribution in [2.75, 3.05) is 27.4 Å². The average molecular weight is 374 g/mol. The maximum Gasteiger partial charge on any atom is 0.204 e. The minimum atomic E-state index is -0.667. The van der Waals surface area contributed by atoms with Crippen molar-refractivity contribution < 1.29 is 34.3 Å². The number of phenolic OH excluding ortho intramolecular Hbond substituents is 1. The third kappa shape index (κ3) is 3.79. The van der Waals surface area contributed by atoms with Crippen LogP contribution in [-0.2, 0) is 0 Å². The van der Waals surface area contributed by atoms with E-state index in [1.807, 2.05) is 0 Å². The summed E-state index contributed by atoms with van der Waals surface area (Å²) in [4.78, 5) is 0. The smallest absolute Gasteiger partial charge is 0.204 e. The average Bonchev–Trinajstić information content (AvgIpc) is 2.70. The molecule has 0 spiro atoms. The van der Waals surface area contributed by atoms with E-state index in [9.17, 15) is 10.2 Å². The van der Waals surface area contributed by atoms with E-state index in [-0.39, 0.29) is 19.0 Å². The van der Waals surface area contributed by atoms with Crippen molar-refractivity contribution in [3.05, 3.63) is 47.5 Å². The third-order valence-electron chi connectivity index (χ3n) is 4.25. The van der Waals surface area contributed by atoms with Gasteiger partial charge in [-0.3, -0.25) is 0 Å². The molecular weight excluding hydrogens is 352 g/mol. The third-order valence-corrected chi connectivity index (χ3v) is 4.25. The van der Waals surface area contributed by atoms with Crippen LogP contribution in [0.5, 0.6) is 28.7 Å². The first-order valence-corrected chi connectivity index (χ1v) is 8.41. The lowest BCUT2D eigenvalue weighted by Crippen LogP contribution is -2.36. The molecule has 0 aromatic heterocycles. The van der Waals surface area contributed by atoms with E-state index < -0.39 is 12.2 Å². The molecule has 144 valence electrons. The van der Waals surface area contributed by atoms with Gasteiger partial charge in [0.2, 0.25) is 5.75 Å². The largest absolute Gasteiger partial charge is 0.504 e. The molecular formula is C20H22O7. The second-order valence-corrected chi connectivity index (χ2v) is 5.94. The number of phenols is 1. The summed E-state index contributed by atoms with van der Waals surface area (Å²) >= 11 is 0. The standard InChI is InChI=1S/C20H22O7/c1-24-15-10-13(5-6-14(15)23)19-18(11-22)27-20-16(25-2)8-12(4-3-7-21)9-17(20)26-19/h3-6,8-10,18-19,21-23H,7,11H2,1-2H3/b4-3+/t18-,19-/m1/s1. The van der Waals surface area contributed by atoms with Crippen molar-refractivity contribution in [3.8, 4) is 28.7 Å². The molecule has 2 aromatic carbocycles. The molecule has 2 aromatic rings. The molecule has 27 heavy (non-hydrogen) atoms. The molecule has 1 heterocycles. The molecule has 2 atom stereocenters. The van der Waals surface area contributed by atoms with E-state index in [2.05, 4.69) is 0 Å². The van der Waals surface area contributed by atoms with Gasteiger partial charge in [-0.2, -0.15) is 0 Å². The SMILES string of the molecule is COc1cc([C@H]2Oc3cc(/C=C/CO)cc(OC)c3O[C@@H]2CO)ccc1O. The molecule has 1 aliphatic heterocycles. The van der Waals surface area contributed by atoms with Gasteiger partial charge in [-0.05, 0) is 29.8 Å². The minimum absolute atomic E-state index is 0.0111. The van der Waals surface area contributed by atoms with Crippen LogP contribution >= 0.6 is 0 Å². The molecule has 0 radical (unpaired) electrons. The summed E-state index contributed by atoms with van der Waals surface area (Å²) in [6.45, 7) is -0.359.